The van der Waals surface area contributed by atoms with Crippen LogP contribution in [0.25, 0.3) is 0 Å². The molecule has 2 aromatic carbocycles. The number of Topliss-reactive ketones (excluding diaryl/α,β-unsaturated/α-hetero) is 1. The molecule has 0 atom stereocenters. The second-order valence-electron chi connectivity index (χ2n) is 4.54. The second-order valence-corrected chi connectivity index (χ2v) is 5.39. The van der Waals surface area contributed by atoms with Crippen LogP contribution < -0.4 is 5.32 Å². The molecule has 2 rings (SSSR count). The number of ketones is 1. The molecular weight excluding hydrogens is 318 g/mol. The average Bonchev–Trinajstić information content (AvgIpc) is 2.38. The Labute approximate surface area is 126 Å². The Kier molecular flexibility index (Phi) is 4.35. The minimum absolute atomic E-state index is 0.0797. The molecule has 102 valence electrons. The van der Waals surface area contributed by atoms with E-state index in [1.807, 2.05) is 19.1 Å². The van der Waals surface area contributed by atoms with Crippen molar-refractivity contribution in [3.63, 3.8) is 0 Å². The van der Waals surface area contributed by atoms with Crippen molar-refractivity contribution >= 4 is 33.3 Å². The van der Waals surface area contributed by atoms with Crippen molar-refractivity contribution in [2.45, 2.75) is 13.8 Å². The quantitative estimate of drug-likeness (QED) is 0.856. The molecule has 0 saturated heterocycles. The predicted molar refractivity (Wildman–Crippen MR) is 83.3 cm³/mol. The minimum atomic E-state index is -0.245. The minimum Gasteiger partial charge on any atom is -0.321 e. The zero-order valence-electron chi connectivity index (χ0n) is 11.2. The van der Waals surface area contributed by atoms with Crippen molar-refractivity contribution in [2.24, 2.45) is 0 Å². The van der Waals surface area contributed by atoms with Gasteiger partial charge in [0.25, 0.3) is 5.91 Å². The largest absolute Gasteiger partial charge is 0.321 e. The molecule has 0 unspecified atom stereocenters. The standard InChI is InChI=1S/C16H14BrNO2/c1-10-7-8-13(14(17)9-10)16(20)18-15-6-4-3-5-12(15)11(2)19/h3-9H,1-2H3,(H,18,20). The summed E-state index contributed by atoms with van der Waals surface area (Å²) in [6.07, 6.45) is 0. The number of benzene rings is 2. The Morgan fingerprint density at radius 1 is 1.05 bits per heavy atom. The lowest BCUT2D eigenvalue weighted by atomic mass is 10.1. The molecule has 0 aliphatic carbocycles. The molecule has 0 bridgehead atoms. The summed E-state index contributed by atoms with van der Waals surface area (Å²) in [7, 11) is 0. The van der Waals surface area contributed by atoms with Gasteiger partial charge in [-0.15, -0.1) is 0 Å². The van der Waals surface area contributed by atoms with Gasteiger partial charge in [0.1, 0.15) is 0 Å². The molecule has 0 aromatic heterocycles. The smallest absolute Gasteiger partial charge is 0.256 e. The summed E-state index contributed by atoms with van der Waals surface area (Å²) in [5.74, 6) is -0.325. The number of aryl methyl sites for hydroxylation is 1. The lowest BCUT2D eigenvalue weighted by molar-refractivity contribution is 0.101. The van der Waals surface area contributed by atoms with E-state index in [0.717, 1.165) is 10.0 Å². The molecule has 0 fully saturated rings. The Morgan fingerprint density at radius 3 is 2.40 bits per heavy atom. The Morgan fingerprint density at radius 2 is 1.75 bits per heavy atom. The lowest BCUT2D eigenvalue weighted by Gasteiger charge is -2.10. The topological polar surface area (TPSA) is 46.2 Å². The number of amides is 1. The van der Waals surface area contributed by atoms with Gasteiger partial charge < -0.3 is 5.32 Å². The van der Waals surface area contributed by atoms with Crippen LogP contribution in [0.15, 0.2) is 46.9 Å². The van der Waals surface area contributed by atoms with E-state index in [1.165, 1.54) is 6.92 Å². The van der Waals surface area contributed by atoms with Crippen LogP contribution in [0.4, 0.5) is 5.69 Å². The van der Waals surface area contributed by atoms with Crippen LogP contribution in [0.5, 0.6) is 0 Å². The summed E-state index contributed by atoms with van der Waals surface area (Å²) in [5, 5.41) is 2.78. The SMILES string of the molecule is CC(=O)c1ccccc1NC(=O)c1ccc(C)cc1Br. The van der Waals surface area contributed by atoms with Gasteiger partial charge in [0.15, 0.2) is 5.78 Å². The third-order valence-electron chi connectivity index (χ3n) is 2.92. The molecule has 1 amide bonds. The van der Waals surface area contributed by atoms with E-state index in [4.69, 9.17) is 0 Å². The van der Waals surface area contributed by atoms with E-state index < -0.39 is 0 Å². The molecule has 3 nitrogen and oxygen atoms in total. The highest BCUT2D eigenvalue weighted by Crippen LogP contribution is 2.21. The van der Waals surface area contributed by atoms with E-state index >= 15 is 0 Å². The van der Waals surface area contributed by atoms with Crippen molar-refractivity contribution in [3.8, 4) is 0 Å². The van der Waals surface area contributed by atoms with Crippen molar-refractivity contribution in [1.82, 2.24) is 0 Å². The highest BCUT2D eigenvalue weighted by atomic mass is 79.9. The first-order chi connectivity index (χ1) is 9.49. The van der Waals surface area contributed by atoms with Gasteiger partial charge in [-0.25, -0.2) is 0 Å². The summed E-state index contributed by atoms with van der Waals surface area (Å²) in [5.41, 5.74) is 2.63. The molecular formula is C16H14BrNO2. The maximum absolute atomic E-state index is 12.3. The molecule has 1 N–H and O–H groups in total. The number of rotatable bonds is 3. The zero-order valence-corrected chi connectivity index (χ0v) is 12.8. The lowest BCUT2D eigenvalue weighted by Crippen LogP contribution is -2.14. The fourth-order valence-corrected chi connectivity index (χ4v) is 2.57. The number of hydrogen-bond acceptors (Lipinski definition) is 2. The summed E-state index contributed by atoms with van der Waals surface area (Å²) >= 11 is 3.38. The molecule has 0 heterocycles. The van der Waals surface area contributed by atoms with Crippen LogP contribution in [-0.2, 0) is 0 Å². The maximum atomic E-state index is 12.3. The number of anilines is 1. The van der Waals surface area contributed by atoms with Gasteiger partial charge in [0.05, 0.1) is 11.3 Å². The van der Waals surface area contributed by atoms with Crippen LogP contribution in [0.1, 0.15) is 33.2 Å². The van der Waals surface area contributed by atoms with E-state index in [1.54, 1.807) is 30.3 Å². The average molecular weight is 332 g/mol. The van der Waals surface area contributed by atoms with Crippen molar-refractivity contribution < 1.29 is 9.59 Å². The summed E-state index contributed by atoms with van der Waals surface area (Å²) < 4.78 is 0.732. The van der Waals surface area contributed by atoms with Crippen LogP contribution >= 0.6 is 15.9 Å². The van der Waals surface area contributed by atoms with E-state index in [0.29, 0.717) is 16.8 Å². The van der Waals surface area contributed by atoms with Crippen LogP contribution in [0, 0.1) is 6.92 Å². The molecule has 0 saturated carbocycles. The van der Waals surface area contributed by atoms with E-state index in [9.17, 15) is 9.59 Å². The highest BCUT2D eigenvalue weighted by molar-refractivity contribution is 9.10. The summed E-state index contributed by atoms with van der Waals surface area (Å²) in [6.45, 7) is 3.43. The van der Waals surface area contributed by atoms with Gasteiger partial charge in [0.2, 0.25) is 0 Å². The third-order valence-corrected chi connectivity index (χ3v) is 3.58. The van der Waals surface area contributed by atoms with Crippen LogP contribution in [0.3, 0.4) is 0 Å². The number of hydrogen-bond donors (Lipinski definition) is 1. The second kappa shape index (κ2) is 6.01. The first-order valence-electron chi connectivity index (χ1n) is 6.16. The van der Waals surface area contributed by atoms with Gasteiger partial charge >= 0.3 is 0 Å². The predicted octanol–water partition coefficient (Wildman–Crippen LogP) is 4.21. The van der Waals surface area contributed by atoms with Gasteiger partial charge in [-0.05, 0) is 59.6 Å². The van der Waals surface area contributed by atoms with Gasteiger partial charge in [0, 0.05) is 10.0 Å². The number of carbonyl (C=O) groups excluding carboxylic acids is 2. The third kappa shape index (κ3) is 3.14. The Bertz CT molecular complexity index is 680. The Hall–Kier alpha value is -1.94. The van der Waals surface area contributed by atoms with Crippen molar-refractivity contribution in [3.05, 3.63) is 63.6 Å². The number of nitrogens with one attached hydrogen (secondary N) is 1. The normalized spacial score (nSPS) is 10.2. The van der Waals surface area contributed by atoms with Crippen LogP contribution in [-0.4, -0.2) is 11.7 Å². The number of carbonyl (C=O) groups is 2. The molecule has 0 aliphatic rings. The summed E-state index contributed by atoms with van der Waals surface area (Å²) in [4.78, 5) is 23.8. The monoisotopic (exact) mass is 331 g/mol. The van der Waals surface area contributed by atoms with Crippen LogP contribution in [0.2, 0.25) is 0 Å². The fraction of sp³-hybridized carbons (Fsp3) is 0.125. The Balaban J connectivity index is 2.30. The molecule has 0 aliphatic heterocycles. The number of para-hydroxylation sites is 1. The van der Waals surface area contributed by atoms with E-state index in [2.05, 4.69) is 21.2 Å². The highest BCUT2D eigenvalue weighted by Gasteiger charge is 2.13. The van der Waals surface area contributed by atoms with Crippen molar-refractivity contribution in [2.75, 3.05) is 5.32 Å². The first kappa shape index (κ1) is 14.5. The maximum Gasteiger partial charge on any atom is 0.256 e. The molecule has 4 heteroatoms. The van der Waals surface area contributed by atoms with Gasteiger partial charge in [-0.2, -0.15) is 0 Å². The molecule has 0 radical (unpaired) electrons. The first-order valence-corrected chi connectivity index (χ1v) is 6.96. The molecule has 2 aromatic rings. The molecule has 0 spiro atoms. The van der Waals surface area contributed by atoms with Crippen molar-refractivity contribution in [1.29, 1.82) is 0 Å². The van der Waals surface area contributed by atoms with E-state index in [-0.39, 0.29) is 11.7 Å². The molecule has 20 heavy (non-hydrogen) atoms. The zero-order chi connectivity index (χ0) is 14.7. The van der Waals surface area contributed by atoms with Gasteiger partial charge in [-0.1, -0.05) is 18.2 Å². The fourth-order valence-electron chi connectivity index (χ4n) is 1.89. The number of halogens is 1. The van der Waals surface area contributed by atoms with Gasteiger partial charge in [-0.3, -0.25) is 9.59 Å². The summed E-state index contributed by atoms with van der Waals surface area (Å²) in [6, 6.07) is 12.5.